The maximum absolute atomic E-state index is 11.8. The molecular weight excluding hydrogens is 254 g/mol. The highest BCUT2D eigenvalue weighted by Gasteiger charge is 2.03. The van der Waals surface area contributed by atoms with Crippen LogP contribution >= 0.6 is 0 Å². The number of nitrogens with one attached hydrogen (secondary N) is 2. The second-order valence-corrected chi connectivity index (χ2v) is 4.56. The van der Waals surface area contributed by atoms with E-state index in [9.17, 15) is 4.79 Å². The SMILES string of the molecule is Cc1ccccc1NC(=O)CNCCCn1ccnn1. The topological polar surface area (TPSA) is 71.8 Å². The number of nitrogens with zero attached hydrogens (tertiary/aromatic N) is 3. The predicted molar refractivity (Wildman–Crippen MR) is 77.3 cm³/mol. The van der Waals surface area contributed by atoms with Crippen LogP contribution in [-0.2, 0) is 11.3 Å². The van der Waals surface area contributed by atoms with Crippen LogP contribution in [0.15, 0.2) is 36.7 Å². The van der Waals surface area contributed by atoms with Crippen molar-refractivity contribution in [2.75, 3.05) is 18.4 Å². The first-order valence-corrected chi connectivity index (χ1v) is 6.66. The van der Waals surface area contributed by atoms with Crippen molar-refractivity contribution in [1.82, 2.24) is 20.3 Å². The highest BCUT2D eigenvalue weighted by molar-refractivity contribution is 5.92. The molecule has 0 unspecified atom stereocenters. The lowest BCUT2D eigenvalue weighted by Crippen LogP contribution is -2.29. The summed E-state index contributed by atoms with van der Waals surface area (Å²) < 4.78 is 1.77. The molecule has 2 aromatic rings. The zero-order valence-electron chi connectivity index (χ0n) is 11.5. The van der Waals surface area contributed by atoms with E-state index in [4.69, 9.17) is 0 Å². The Morgan fingerprint density at radius 2 is 2.20 bits per heavy atom. The van der Waals surface area contributed by atoms with Crippen molar-refractivity contribution in [1.29, 1.82) is 0 Å². The van der Waals surface area contributed by atoms with Crippen LogP contribution < -0.4 is 10.6 Å². The molecular formula is C14H19N5O. The van der Waals surface area contributed by atoms with Crippen LogP contribution in [0.2, 0.25) is 0 Å². The molecule has 20 heavy (non-hydrogen) atoms. The van der Waals surface area contributed by atoms with Crippen LogP contribution in [-0.4, -0.2) is 34.0 Å². The van der Waals surface area contributed by atoms with Crippen LogP contribution in [0.25, 0.3) is 0 Å². The molecule has 0 atom stereocenters. The molecule has 0 fully saturated rings. The molecule has 0 radical (unpaired) electrons. The lowest BCUT2D eigenvalue weighted by molar-refractivity contribution is -0.115. The zero-order valence-corrected chi connectivity index (χ0v) is 11.5. The average molecular weight is 273 g/mol. The molecule has 1 heterocycles. The summed E-state index contributed by atoms with van der Waals surface area (Å²) in [4.78, 5) is 11.8. The van der Waals surface area contributed by atoms with Gasteiger partial charge in [-0.15, -0.1) is 5.10 Å². The fourth-order valence-electron chi connectivity index (χ4n) is 1.83. The Kier molecular flexibility index (Phi) is 5.25. The fourth-order valence-corrected chi connectivity index (χ4v) is 1.83. The summed E-state index contributed by atoms with van der Waals surface area (Å²) in [5.41, 5.74) is 1.92. The summed E-state index contributed by atoms with van der Waals surface area (Å²) >= 11 is 0. The van der Waals surface area contributed by atoms with Crippen molar-refractivity contribution in [2.45, 2.75) is 19.9 Å². The van der Waals surface area contributed by atoms with Crippen molar-refractivity contribution in [2.24, 2.45) is 0 Å². The zero-order chi connectivity index (χ0) is 14.2. The van der Waals surface area contributed by atoms with Gasteiger partial charge in [0.15, 0.2) is 0 Å². The van der Waals surface area contributed by atoms with Crippen molar-refractivity contribution in [3.63, 3.8) is 0 Å². The van der Waals surface area contributed by atoms with Gasteiger partial charge in [-0.2, -0.15) is 0 Å². The fraction of sp³-hybridized carbons (Fsp3) is 0.357. The minimum absolute atomic E-state index is 0.0277. The number of anilines is 1. The third-order valence-electron chi connectivity index (χ3n) is 2.92. The van der Waals surface area contributed by atoms with E-state index >= 15 is 0 Å². The summed E-state index contributed by atoms with van der Waals surface area (Å²) in [7, 11) is 0. The third-order valence-corrected chi connectivity index (χ3v) is 2.92. The van der Waals surface area contributed by atoms with E-state index in [1.807, 2.05) is 37.4 Å². The Labute approximate surface area is 118 Å². The van der Waals surface area contributed by atoms with Crippen molar-refractivity contribution in [3.05, 3.63) is 42.2 Å². The molecule has 6 nitrogen and oxygen atoms in total. The van der Waals surface area contributed by atoms with Crippen LogP contribution in [0, 0.1) is 6.92 Å². The number of carbonyl (C=O) groups excluding carboxylic acids is 1. The molecule has 0 saturated carbocycles. The molecule has 1 aromatic carbocycles. The average Bonchev–Trinajstić information content (AvgIpc) is 2.94. The van der Waals surface area contributed by atoms with Crippen molar-refractivity contribution >= 4 is 11.6 Å². The molecule has 0 aliphatic rings. The van der Waals surface area contributed by atoms with Gasteiger partial charge in [0, 0.05) is 18.4 Å². The van der Waals surface area contributed by atoms with Crippen molar-refractivity contribution in [3.8, 4) is 0 Å². The van der Waals surface area contributed by atoms with E-state index in [-0.39, 0.29) is 5.91 Å². The van der Waals surface area contributed by atoms with Gasteiger partial charge in [0.2, 0.25) is 5.91 Å². The van der Waals surface area contributed by atoms with Gasteiger partial charge in [0.05, 0.1) is 12.7 Å². The van der Waals surface area contributed by atoms with E-state index in [0.717, 1.165) is 30.8 Å². The summed E-state index contributed by atoms with van der Waals surface area (Å²) in [6.45, 7) is 3.85. The molecule has 0 aliphatic carbocycles. The molecule has 1 aromatic heterocycles. The highest BCUT2D eigenvalue weighted by Crippen LogP contribution is 2.12. The van der Waals surface area contributed by atoms with Crippen molar-refractivity contribution < 1.29 is 4.79 Å². The van der Waals surface area contributed by atoms with Gasteiger partial charge in [-0.05, 0) is 31.5 Å². The molecule has 2 N–H and O–H groups in total. The number of rotatable bonds is 7. The monoisotopic (exact) mass is 273 g/mol. The normalized spacial score (nSPS) is 10.4. The van der Waals surface area contributed by atoms with E-state index in [1.54, 1.807) is 10.9 Å². The Hall–Kier alpha value is -2.21. The standard InChI is InChI=1S/C14H19N5O/c1-12-5-2-3-6-13(12)17-14(20)11-15-7-4-9-19-10-8-16-18-19/h2-3,5-6,8,10,15H,4,7,9,11H2,1H3,(H,17,20). The van der Waals surface area contributed by atoms with Crippen LogP contribution in [0.1, 0.15) is 12.0 Å². The maximum Gasteiger partial charge on any atom is 0.238 e. The molecule has 106 valence electrons. The molecule has 0 spiro atoms. The number of aryl methyl sites for hydroxylation is 2. The van der Waals surface area contributed by atoms with E-state index in [0.29, 0.717) is 6.54 Å². The molecule has 0 aliphatic heterocycles. The number of amides is 1. The Morgan fingerprint density at radius 3 is 2.95 bits per heavy atom. The first kappa shape index (κ1) is 14.2. The van der Waals surface area contributed by atoms with E-state index in [1.165, 1.54) is 0 Å². The van der Waals surface area contributed by atoms with Gasteiger partial charge in [-0.3, -0.25) is 9.48 Å². The number of aromatic nitrogens is 3. The summed E-state index contributed by atoms with van der Waals surface area (Å²) in [5.74, 6) is -0.0277. The van der Waals surface area contributed by atoms with Gasteiger partial charge in [-0.1, -0.05) is 23.4 Å². The Morgan fingerprint density at radius 1 is 1.35 bits per heavy atom. The number of hydrogen-bond acceptors (Lipinski definition) is 4. The first-order valence-electron chi connectivity index (χ1n) is 6.66. The highest BCUT2D eigenvalue weighted by atomic mass is 16.1. The number of benzene rings is 1. The van der Waals surface area contributed by atoms with Crippen LogP contribution in [0.3, 0.4) is 0 Å². The van der Waals surface area contributed by atoms with E-state index in [2.05, 4.69) is 20.9 Å². The maximum atomic E-state index is 11.8. The van der Waals surface area contributed by atoms with Gasteiger partial charge in [0.1, 0.15) is 0 Å². The number of para-hydroxylation sites is 1. The molecule has 1 amide bonds. The lowest BCUT2D eigenvalue weighted by Gasteiger charge is -2.08. The van der Waals surface area contributed by atoms with Crippen LogP contribution in [0.4, 0.5) is 5.69 Å². The van der Waals surface area contributed by atoms with Gasteiger partial charge >= 0.3 is 0 Å². The lowest BCUT2D eigenvalue weighted by atomic mass is 10.2. The summed E-state index contributed by atoms with van der Waals surface area (Å²) in [6.07, 6.45) is 4.38. The van der Waals surface area contributed by atoms with Gasteiger partial charge < -0.3 is 10.6 Å². The van der Waals surface area contributed by atoms with Gasteiger partial charge in [-0.25, -0.2) is 0 Å². The molecule has 2 rings (SSSR count). The second-order valence-electron chi connectivity index (χ2n) is 4.56. The first-order chi connectivity index (χ1) is 9.75. The van der Waals surface area contributed by atoms with E-state index < -0.39 is 0 Å². The molecule has 0 bridgehead atoms. The predicted octanol–water partition coefficient (Wildman–Crippen LogP) is 1.20. The Bertz CT molecular complexity index is 538. The second kappa shape index (κ2) is 7.40. The smallest absolute Gasteiger partial charge is 0.238 e. The minimum atomic E-state index is -0.0277. The Balaban J connectivity index is 1.62. The summed E-state index contributed by atoms with van der Waals surface area (Å²) in [6, 6.07) is 7.74. The number of hydrogen-bond donors (Lipinski definition) is 2. The largest absolute Gasteiger partial charge is 0.325 e. The minimum Gasteiger partial charge on any atom is -0.325 e. The third kappa shape index (κ3) is 4.47. The molecule has 0 saturated heterocycles. The quantitative estimate of drug-likeness (QED) is 0.744. The number of carbonyl (C=O) groups is 1. The summed E-state index contributed by atoms with van der Waals surface area (Å²) in [5, 5.41) is 13.6. The molecule has 6 heteroatoms. The van der Waals surface area contributed by atoms with Gasteiger partial charge in [0.25, 0.3) is 0 Å². The van der Waals surface area contributed by atoms with Crippen LogP contribution in [0.5, 0.6) is 0 Å².